The number of carbonyl (C=O) groups is 1. The van der Waals surface area contributed by atoms with Crippen molar-refractivity contribution in [3.8, 4) is 5.75 Å². The zero-order valence-corrected chi connectivity index (χ0v) is 23.9. The molecule has 1 amide bonds. The molecule has 0 radical (unpaired) electrons. The summed E-state index contributed by atoms with van der Waals surface area (Å²) in [5.41, 5.74) is 19.4. The van der Waals surface area contributed by atoms with Crippen LogP contribution in [0.2, 0.25) is 0 Å². The normalized spacial score (nSPS) is 22.7. The number of aliphatic imine (C=N–C) groups is 1. The van der Waals surface area contributed by atoms with E-state index in [1.165, 1.54) is 12.3 Å². The summed E-state index contributed by atoms with van der Waals surface area (Å²) in [6.07, 6.45) is 0.772. The van der Waals surface area contributed by atoms with Crippen molar-refractivity contribution in [3.05, 3.63) is 45.6 Å². The van der Waals surface area contributed by atoms with E-state index in [0.29, 0.717) is 37.9 Å². The van der Waals surface area contributed by atoms with Gasteiger partial charge in [-0.25, -0.2) is 13.6 Å². The van der Waals surface area contributed by atoms with E-state index in [1.54, 1.807) is 0 Å². The number of thiazole rings is 1. The maximum Gasteiger partial charge on any atom is 0.433 e. The van der Waals surface area contributed by atoms with Crippen LogP contribution in [0.15, 0.2) is 33.7 Å². The predicted molar refractivity (Wildman–Crippen MR) is 152 cm³/mol. The summed E-state index contributed by atoms with van der Waals surface area (Å²) in [5, 5.41) is 20.4. The monoisotopic (exact) mass is 611 g/mol. The average Bonchev–Trinajstić information content (AvgIpc) is 3.55. The van der Waals surface area contributed by atoms with Crippen LogP contribution in [0.3, 0.4) is 0 Å². The fraction of sp³-hybridized carbons (Fsp3) is 0.478. The second kappa shape index (κ2) is 12.5. The molecule has 1 aromatic heterocycles. The molecular formula is C23H33N9O7S2. The van der Waals surface area contributed by atoms with E-state index in [-0.39, 0.29) is 29.8 Å². The van der Waals surface area contributed by atoms with E-state index >= 15 is 0 Å². The lowest BCUT2D eigenvalue weighted by molar-refractivity contribution is -0.835. The molecule has 18 heteroatoms. The number of nitrogens with two attached hydrogens (primary N) is 3. The lowest BCUT2D eigenvalue weighted by Crippen LogP contribution is -2.75. The summed E-state index contributed by atoms with van der Waals surface area (Å²) < 4.78 is 35.9. The van der Waals surface area contributed by atoms with Crippen LogP contribution in [-0.4, -0.2) is 89.4 Å². The van der Waals surface area contributed by atoms with E-state index < -0.39 is 38.9 Å². The molecule has 0 spiro atoms. The molecular weight excluding hydrogens is 578 g/mol. The summed E-state index contributed by atoms with van der Waals surface area (Å²) >= 11 is 1.09. The number of hydroxylamine groups is 2. The largest absolute Gasteiger partial charge is 0.615 e. The molecule has 1 fully saturated rings. The Kier molecular flexibility index (Phi) is 9.30. The quantitative estimate of drug-likeness (QED) is 0.0388. The van der Waals surface area contributed by atoms with Crippen molar-refractivity contribution in [2.75, 3.05) is 38.6 Å². The molecule has 16 nitrogen and oxygen atoms in total. The molecule has 3 atom stereocenters. The SMILES string of the molecule is C[C@H]1C(NC(=O)/C(=N\OCCOc2ccc3c(c2)CN(C(N)=NCCCN)C3)c2csc(N)n2)C[N+]1([O-])S(=O)(=O)O. The molecule has 2 unspecified atom stereocenters. The Balaban J connectivity index is 1.31. The molecule has 0 bridgehead atoms. The Bertz CT molecular complexity index is 1430. The fourth-order valence-electron chi connectivity index (χ4n) is 4.35. The van der Waals surface area contributed by atoms with Gasteiger partial charge in [0.05, 0.1) is 0 Å². The molecule has 4 rings (SSSR count). The average molecular weight is 612 g/mol. The first-order chi connectivity index (χ1) is 19.4. The van der Waals surface area contributed by atoms with E-state index in [1.807, 2.05) is 23.1 Å². The van der Waals surface area contributed by atoms with Crippen LogP contribution < -0.4 is 27.3 Å². The molecule has 41 heavy (non-hydrogen) atoms. The second-order valence-electron chi connectivity index (χ2n) is 9.54. The molecule has 0 aliphatic carbocycles. The van der Waals surface area contributed by atoms with Gasteiger partial charge in [-0.3, -0.25) is 9.79 Å². The van der Waals surface area contributed by atoms with E-state index in [4.69, 9.17) is 26.8 Å². The number of anilines is 1. The van der Waals surface area contributed by atoms with Crippen molar-refractivity contribution in [1.29, 1.82) is 0 Å². The molecule has 8 N–H and O–H groups in total. The van der Waals surface area contributed by atoms with Gasteiger partial charge in [0.2, 0.25) is 0 Å². The van der Waals surface area contributed by atoms with Crippen molar-refractivity contribution in [2.45, 2.75) is 38.5 Å². The van der Waals surface area contributed by atoms with Gasteiger partial charge < -0.3 is 42.2 Å². The lowest BCUT2D eigenvalue weighted by Gasteiger charge is -2.54. The third kappa shape index (κ3) is 6.85. The van der Waals surface area contributed by atoms with Gasteiger partial charge in [-0.05, 0) is 43.1 Å². The number of nitrogens with one attached hydrogen (secondary N) is 1. The highest BCUT2D eigenvalue weighted by atomic mass is 32.2. The van der Waals surface area contributed by atoms with Crippen molar-refractivity contribution in [1.82, 2.24) is 15.2 Å². The zero-order chi connectivity index (χ0) is 29.8. The first kappa shape index (κ1) is 30.4. The third-order valence-electron chi connectivity index (χ3n) is 6.80. The molecule has 0 saturated carbocycles. The van der Waals surface area contributed by atoms with Gasteiger partial charge in [0.1, 0.15) is 36.7 Å². The molecule has 1 aromatic carbocycles. The smallest absolute Gasteiger partial charge is 0.433 e. The summed E-state index contributed by atoms with van der Waals surface area (Å²) in [6, 6.07) is 3.76. The number of hydrogen-bond donors (Lipinski definition) is 5. The third-order valence-corrected chi connectivity index (χ3v) is 8.74. The van der Waals surface area contributed by atoms with Crippen LogP contribution in [-0.2, 0) is 33.0 Å². The number of nitrogen functional groups attached to an aromatic ring is 1. The summed E-state index contributed by atoms with van der Waals surface area (Å²) in [5.74, 6) is 0.351. The minimum absolute atomic E-state index is 0.0104. The summed E-state index contributed by atoms with van der Waals surface area (Å²) in [4.78, 5) is 28.6. The highest BCUT2D eigenvalue weighted by Gasteiger charge is 2.54. The van der Waals surface area contributed by atoms with Gasteiger partial charge in [-0.15, -0.1) is 19.8 Å². The van der Waals surface area contributed by atoms with Crippen molar-refractivity contribution in [3.63, 3.8) is 0 Å². The summed E-state index contributed by atoms with van der Waals surface area (Å²) in [7, 11) is -4.89. The minimum Gasteiger partial charge on any atom is -0.615 e. The Hall–Kier alpha value is -3.55. The highest BCUT2D eigenvalue weighted by Crippen LogP contribution is 2.31. The van der Waals surface area contributed by atoms with Crippen LogP contribution in [0, 0.1) is 5.21 Å². The van der Waals surface area contributed by atoms with Gasteiger partial charge >= 0.3 is 10.3 Å². The first-order valence-corrected chi connectivity index (χ1v) is 15.0. The molecule has 2 aliphatic rings. The van der Waals surface area contributed by atoms with Crippen molar-refractivity contribution < 1.29 is 31.4 Å². The minimum atomic E-state index is -4.89. The number of hydrogen-bond acceptors (Lipinski definition) is 12. The molecule has 2 aliphatic heterocycles. The molecule has 2 aromatic rings. The van der Waals surface area contributed by atoms with Crippen molar-refractivity contribution in [2.24, 2.45) is 21.6 Å². The number of ether oxygens (including phenoxy) is 1. The molecule has 3 heterocycles. The van der Waals surface area contributed by atoms with Crippen molar-refractivity contribution >= 4 is 44.4 Å². The van der Waals surface area contributed by atoms with Crippen LogP contribution in [0.1, 0.15) is 30.2 Å². The Morgan fingerprint density at radius 1 is 1.34 bits per heavy atom. The van der Waals surface area contributed by atoms with Crippen LogP contribution in [0.4, 0.5) is 5.13 Å². The molecule has 1 saturated heterocycles. The number of quaternary nitrogens is 1. The maximum absolute atomic E-state index is 12.9. The Morgan fingerprint density at radius 2 is 2.10 bits per heavy atom. The van der Waals surface area contributed by atoms with Crippen LogP contribution >= 0.6 is 11.3 Å². The number of amides is 1. The first-order valence-electron chi connectivity index (χ1n) is 12.7. The van der Waals surface area contributed by atoms with Crippen LogP contribution in [0.5, 0.6) is 5.75 Å². The highest BCUT2D eigenvalue weighted by molar-refractivity contribution is 7.80. The second-order valence-corrected chi connectivity index (χ2v) is 11.9. The van der Waals surface area contributed by atoms with Gasteiger partial charge in [-0.2, -0.15) is 0 Å². The lowest BCUT2D eigenvalue weighted by atomic mass is 10.0. The van der Waals surface area contributed by atoms with Gasteiger partial charge in [-0.1, -0.05) is 11.2 Å². The Labute approximate surface area is 240 Å². The van der Waals surface area contributed by atoms with E-state index in [9.17, 15) is 23.0 Å². The number of nitrogens with zero attached hydrogens (tertiary/aromatic N) is 5. The topological polar surface area (TPSA) is 244 Å². The number of fused-ring (bicyclic) bond motifs is 1. The Morgan fingerprint density at radius 3 is 2.76 bits per heavy atom. The van der Waals surface area contributed by atoms with Crippen LogP contribution in [0.25, 0.3) is 0 Å². The van der Waals surface area contributed by atoms with E-state index in [0.717, 1.165) is 28.9 Å². The number of carbonyl (C=O) groups excluding carboxylic acids is 1. The number of benzene rings is 1. The fourth-order valence-corrected chi connectivity index (χ4v) is 5.82. The van der Waals surface area contributed by atoms with Gasteiger partial charge in [0.25, 0.3) is 5.91 Å². The zero-order valence-electron chi connectivity index (χ0n) is 22.3. The van der Waals surface area contributed by atoms with Gasteiger partial charge in [0, 0.05) is 25.0 Å². The number of guanidine groups is 1. The standard InChI is InChI=1S/C23H33N9O7S2/c1-14-18(12-32(14,34)41(35,36)37)28-21(33)20(19-13-40-23(26)29-19)30-39-8-7-38-17-4-3-15-10-31(11-16(15)9-17)22(25)27-6-2-5-24/h3-4,9,13-14,18H,2,5-8,10-12,24H2,1H3,(H2,25,27)(H2,26,29)(H,28,33)(H,35,36,37)/b30-20-/t14-,18?,32?/m0/s1. The number of oxime groups is 1. The summed E-state index contributed by atoms with van der Waals surface area (Å²) in [6.45, 7) is 3.26. The maximum atomic E-state index is 12.9. The van der Waals surface area contributed by atoms with E-state index in [2.05, 4.69) is 20.4 Å². The van der Waals surface area contributed by atoms with Gasteiger partial charge in [0.15, 0.2) is 23.4 Å². The number of aromatic nitrogens is 1. The molecule has 224 valence electrons. The predicted octanol–water partition coefficient (Wildman–Crippen LogP) is -0.492. The number of rotatable bonds is 12.